The van der Waals surface area contributed by atoms with Crippen LogP contribution in [-0.2, 0) is 14.3 Å². The van der Waals surface area contributed by atoms with E-state index in [0.717, 1.165) is 11.1 Å². The highest BCUT2D eigenvalue weighted by Gasteiger charge is 2.39. The minimum atomic E-state index is -1.41. The van der Waals surface area contributed by atoms with E-state index in [4.69, 9.17) is 21.1 Å². The van der Waals surface area contributed by atoms with E-state index in [-0.39, 0.29) is 11.7 Å². The molecule has 1 saturated carbocycles. The van der Waals surface area contributed by atoms with Gasteiger partial charge in [-0.3, -0.25) is 4.79 Å². The summed E-state index contributed by atoms with van der Waals surface area (Å²) in [4.78, 5) is 23.8. The molecule has 0 heterocycles. The number of carboxylic acid groups (broad SMARTS) is 1. The molecular weight excluding hydrogens is 368 g/mol. The number of hydrogen-bond acceptors (Lipinski definition) is 4. The fourth-order valence-corrected chi connectivity index (χ4v) is 3.66. The molecule has 2 aliphatic carbocycles. The zero-order valence-electron chi connectivity index (χ0n) is 15.6. The quantitative estimate of drug-likeness (QED) is 0.783. The third-order valence-corrected chi connectivity index (χ3v) is 5.15. The Morgan fingerprint density at radius 2 is 2.04 bits per heavy atom. The maximum Gasteiger partial charge on any atom is 0.335 e. The van der Waals surface area contributed by atoms with Gasteiger partial charge in [-0.2, -0.15) is 0 Å². The van der Waals surface area contributed by atoms with Crippen LogP contribution in [0.2, 0.25) is 5.02 Å². The predicted octanol–water partition coefficient (Wildman–Crippen LogP) is 4.30. The summed E-state index contributed by atoms with van der Waals surface area (Å²) in [7, 11) is 0. The van der Waals surface area contributed by atoms with Crippen molar-refractivity contribution in [2.45, 2.75) is 51.2 Å². The topological polar surface area (TPSA) is 72.8 Å². The first-order chi connectivity index (χ1) is 12.7. The van der Waals surface area contributed by atoms with Gasteiger partial charge in [-0.05, 0) is 57.0 Å². The molecule has 2 unspecified atom stereocenters. The Bertz CT molecular complexity index is 837. The summed E-state index contributed by atoms with van der Waals surface area (Å²) in [6.45, 7) is 5.39. The van der Waals surface area contributed by atoms with Gasteiger partial charge in [0.15, 0.2) is 11.4 Å². The van der Waals surface area contributed by atoms with Crippen LogP contribution in [0.3, 0.4) is 0 Å². The summed E-state index contributed by atoms with van der Waals surface area (Å²) in [5.41, 5.74) is 1.02. The van der Waals surface area contributed by atoms with E-state index in [1.807, 2.05) is 19.1 Å². The molecule has 0 amide bonds. The van der Waals surface area contributed by atoms with Crippen molar-refractivity contribution in [1.82, 2.24) is 0 Å². The van der Waals surface area contributed by atoms with Gasteiger partial charge in [0.2, 0.25) is 0 Å². The number of carbonyl (C=O) groups excluding carboxylic acids is 1. The van der Waals surface area contributed by atoms with Gasteiger partial charge in [-0.15, -0.1) is 0 Å². The Balaban J connectivity index is 2.07. The number of ether oxygens (including phenoxy) is 2. The molecule has 0 spiro atoms. The Morgan fingerprint density at radius 3 is 2.70 bits per heavy atom. The zero-order valence-corrected chi connectivity index (χ0v) is 16.4. The molecule has 1 N–H and O–H groups in total. The molecule has 1 aromatic rings. The molecule has 0 radical (unpaired) electrons. The normalized spacial score (nSPS) is 22.1. The molecule has 5 nitrogen and oxygen atoms in total. The predicted molar refractivity (Wildman–Crippen MR) is 102 cm³/mol. The van der Waals surface area contributed by atoms with Gasteiger partial charge in [-0.25, -0.2) is 4.79 Å². The van der Waals surface area contributed by atoms with E-state index in [1.54, 1.807) is 18.2 Å². The first-order valence-electron chi connectivity index (χ1n) is 9.02. The molecule has 27 heavy (non-hydrogen) atoms. The molecule has 2 atom stereocenters. The SMILES string of the molecule is CCOc1ccc(Cl)cc1C1C=C2CCC(=O)C2=CC1OC(C)(C)C(=O)O. The van der Waals surface area contributed by atoms with E-state index >= 15 is 0 Å². The minimum Gasteiger partial charge on any atom is -0.494 e. The number of rotatable bonds is 6. The Kier molecular flexibility index (Phi) is 5.45. The Hall–Kier alpha value is -2.11. The lowest BCUT2D eigenvalue weighted by molar-refractivity contribution is -0.165. The van der Waals surface area contributed by atoms with Crippen molar-refractivity contribution in [1.29, 1.82) is 0 Å². The number of fused-ring (bicyclic) bond motifs is 1. The molecule has 0 saturated heterocycles. The van der Waals surface area contributed by atoms with Crippen molar-refractivity contribution in [3.63, 3.8) is 0 Å². The number of carboxylic acids is 1. The molecule has 2 aliphatic rings. The summed E-state index contributed by atoms with van der Waals surface area (Å²) >= 11 is 6.22. The lowest BCUT2D eigenvalue weighted by Crippen LogP contribution is -2.40. The van der Waals surface area contributed by atoms with Crippen LogP contribution >= 0.6 is 11.6 Å². The fraction of sp³-hybridized carbons (Fsp3) is 0.429. The molecule has 3 rings (SSSR count). The number of allylic oxidation sites excluding steroid dienone is 2. The summed E-state index contributed by atoms with van der Waals surface area (Å²) in [5, 5.41) is 10.0. The lowest BCUT2D eigenvalue weighted by Gasteiger charge is -2.33. The van der Waals surface area contributed by atoms with Crippen LogP contribution in [0.5, 0.6) is 5.75 Å². The molecule has 0 bridgehead atoms. The smallest absolute Gasteiger partial charge is 0.335 e. The van der Waals surface area contributed by atoms with Crippen molar-refractivity contribution in [2.75, 3.05) is 6.61 Å². The Morgan fingerprint density at radius 1 is 1.30 bits per heavy atom. The average Bonchev–Trinajstić information content (AvgIpc) is 2.96. The lowest BCUT2D eigenvalue weighted by atomic mass is 9.83. The van der Waals surface area contributed by atoms with E-state index in [2.05, 4.69) is 0 Å². The zero-order chi connectivity index (χ0) is 19.8. The van der Waals surface area contributed by atoms with Crippen LogP contribution in [0, 0.1) is 0 Å². The number of Topliss-reactive ketones (excluding diaryl/α,β-unsaturated/α-hetero) is 1. The van der Waals surface area contributed by atoms with Crippen LogP contribution in [0.15, 0.2) is 41.5 Å². The number of carbonyl (C=O) groups is 2. The summed E-state index contributed by atoms with van der Waals surface area (Å²) in [6.07, 6.45) is 4.29. The van der Waals surface area contributed by atoms with E-state index in [1.165, 1.54) is 13.8 Å². The largest absolute Gasteiger partial charge is 0.494 e. The number of benzene rings is 1. The van der Waals surface area contributed by atoms with Gasteiger partial charge in [0.1, 0.15) is 5.75 Å². The second kappa shape index (κ2) is 7.49. The van der Waals surface area contributed by atoms with Gasteiger partial charge in [0.25, 0.3) is 0 Å². The van der Waals surface area contributed by atoms with Crippen molar-refractivity contribution >= 4 is 23.4 Å². The third kappa shape index (κ3) is 3.94. The second-order valence-electron chi connectivity index (χ2n) is 7.23. The monoisotopic (exact) mass is 390 g/mol. The van der Waals surface area contributed by atoms with Crippen molar-refractivity contribution in [3.8, 4) is 5.75 Å². The van der Waals surface area contributed by atoms with Crippen molar-refractivity contribution in [2.24, 2.45) is 0 Å². The highest BCUT2D eigenvalue weighted by molar-refractivity contribution is 6.30. The molecule has 6 heteroatoms. The van der Waals surface area contributed by atoms with E-state index in [9.17, 15) is 14.7 Å². The first kappa shape index (κ1) is 19.6. The highest BCUT2D eigenvalue weighted by Crippen LogP contribution is 2.43. The maximum absolute atomic E-state index is 12.2. The third-order valence-electron chi connectivity index (χ3n) is 4.91. The summed E-state index contributed by atoms with van der Waals surface area (Å²) < 4.78 is 11.7. The van der Waals surface area contributed by atoms with Gasteiger partial charge in [0.05, 0.1) is 12.7 Å². The van der Waals surface area contributed by atoms with Gasteiger partial charge < -0.3 is 14.6 Å². The number of hydrogen-bond donors (Lipinski definition) is 1. The standard InChI is InChI=1S/C21H23ClO5/c1-4-26-18-8-6-13(22)10-16(18)15-9-12-5-7-17(23)14(12)11-19(15)27-21(2,3)20(24)25/h6,8-11,15,19H,4-5,7H2,1-3H3,(H,24,25). The molecule has 0 aliphatic heterocycles. The molecule has 1 fully saturated rings. The van der Waals surface area contributed by atoms with Crippen LogP contribution in [0.4, 0.5) is 0 Å². The Labute approximate surface area is 163 Å². The van der Waals surface area contributed by atoms with Crippen LogP contribution in [-0.4, -0.2) is 35.2 Å². The number of halogens is 1. The molecule has 144 valence electrons. The number of ketones is 1. The second-order valence-corrected chi connectivity index (χ2v) is 7.67. The summed E-state index contributed by atoms with van der Waals surface area (Å²) in [6, 6.07) is 5.37. The van der Waals surface area contributed by atoms with Crippen molar-refractivity contribution < 1.29 is 24.2 Å². The molecular formula is C21H23ClO5. The molecule has 1 aromatic carbocycles. The van der Waals surface area contributed by atoms with Crippen molar-refractivity contribution in [3.05, 3.63) is 52.1 Å². The van der Waals surface area contributed by atoms with E-state index < -0.39 is 17.7 Å². The molecule has 0 aromatic heterocycles. The average molecular weight is 391 g/mol. The van der Waals surface area contributed by atoms with Crippen LogP contribution in [0.1, 0.15) is 45.1 Å². The maximum atomic E-state index is 12.2. The minimum absolute atomic E-state index is 0.0672. The fourth-order valence-electron chi connectivity index (χ4n) is 3.48. The van der Waals surface area contributed by atoms with E-state index in [0.29, 0.717) is 35.8 Å². The van der Waals surface area contributed by atoms with Gasteiger partial charge in [0, 0.05) is 28.5 Å². The van der Waals surface area contributed by atoms with Crippen LogP contribution < -0.4 is 4.74 Å². The highest BCUT2D eigenvalue weighted by atomic mass is 35.5. The van der Waals surface area contributed by atoms with Gasteiger partial charge >= 0.3 is 5.97 Å². The van der Waals surface area contributed by atoms with Crippen LogP contribution in [0.25, 0.3) is 0 Å². The number of aliphatic carboxylic acids is 1. The summed E-state index contributed by atoms with van der Waals surface area (Å²) in [5.74, 6) is -0.624. The first-order valence-corrected chi connectivity index (χ1v) is 9.40. The van der Waals surface area contributed by atoms with Gasteiger partial charge in [-0.1, -0.05) is 17.7 Å².